The highest BCUT2D eigenvalue weighted by Gasteiger charge is 2.09. The fourth-order valence-electron chi connectivity index (χ4n) is 2.51. The van der Waals surface area contributed by atoms with Crippen LogP contribution in [0.3, 0.4) is 0 Å². The molecule has 1 aromatic carbocycles. The van der Waals surface area contributed by atoms with Gasteiger partial charge in [0.05, 0.1) is 5.69 Å². The summed E-state index contributed by atoms with van der Waals surface area (Å²) in [5, 5.41) is 0. The summed E-state index contributed by atoms with van der Waals surface area (Å²) in [7, 11) is 0. The molecule has 0 aliphatic rings. The molecule has 0 spiro atoms. The average Bonchev–Trinajstić information content (AvgIpc) is 2.77. The van der Waals surface area contributed by atoms with Crippen molar-refractivity contribution >= 4 is 21.6 Å². The first-order valence-corrected chi connectivity index (χ1v) is 8.21. The zero-order chi connectivity index (χ0) is 15.7. The number of aromatic nitrogens is 2. The van der Waals surface area contributed by atoms with Gasteiger partial charge >= 0.3 is 0 Å². The van der Waals surface area contributed by atoms with Gasteiger partial charge in [-0.1, -0.05) is 15.9 Å². The highest BCUT2D eigenvalue weighted by molar-refractivity contribution is 9.10. The van der Waals surface area contributed by atoms with Crippen molar-refractivity contribution < 1.29 is 0 Å². The molecule has 4 heteroatoms. The van der Waals surface area contributed by atoms with Crippen molar-refractivity contribution in [1.29, 1.82) is 0 Å². The molecule has 0 amide bonds. The summed E-state index contributed by atoms with van der Waals surface area (Å²) in [6.07, 6.45) is 4.24. The van der Waals surface area contributed by atoms with E-state index in [1.165, 1.54) is 11.1 Å². The lowest BCUT2D eigenvalue weighted by molar-refractivity contribution is 0.510. The molecule has 2 aromatic rings. The predicted octanol–water partition coefficient (Wildman–Crippen LogP) is 5.06. The van der Waals surface area contributed by atoms with Crippen molar-refractivity contribution in [1.82, 2.24) is 9.13 Å². The number of aryl methyl sites for hydroxylation is 2. The molecule has 21 heavy (non-hydrogen) atoms. The van der Waals surface area contributed by atoms with E-state index >= 15 is 0 Å². The maximum atomic E-state index is 4.99. The van der Waals surface area contributed by atoms with Gasteiger partial charge in [0, 0.05) is 29.0 Å². The number of nitrogens with zero attached hydrogens (tertiary/aromatic N) is 3. The summed E-state index contributed by atoms with van der Waals surface area (Å²) in [6.45, 7) is 13.0. The molecule has 0 unspecified atom stereocenters. The SMILES string of the molecule is Cc1cc(Br)cc(C)c1N=c1n(C(C)C)ccn1C(C)C. The summed E-state index contributed by atoms with van der Waals surface area (Å²) < 4.78 is 5.55. The van der Waals surface area contributed by atoms with Crippen LogP contribution < -0.4 is 5.62 Å². The van der Waals surface area contributed by atoms with Crippen LogP contribution >= 0.6 is 15.9 Å². The van der Waals surface area contributed by atoms with Crippen LogP contribution in [0.1, 0.15) is 50.9 Å². The van der Waals surface area contributed by atoms with Gasteiger partial charge in [-0.05, 0) is 64.8 Å². The van der Waals surface area contributed by atoms with Crippen LogP contribution in [0.25, 0.3) is 0 Å². The van der Waals surface area contributed by atoms with Crippen LogP contribution in [0.2, 0.25) is 0 Å². The lowest BCUT2D eigenvalue weighted by Gasteiger charge is -2.12. The third-order valence-corrected chi connectivity index (χ3v) is 4.09. The largest absolute Gasteiger partial charge is 0.315 e. The number of benzene rings is 1. The highest BCUT2D eigenvalue weighted by atomic mass is 79.9. The van der Waals surface area contributed by atoms with E-state index in [2.05, 4.69) is 91.1 Å². The Hall–Kier alpha value is -1.29. The first-order chi connectivity index (χ1) is 9.81. The van der Waals surface area contributed by atoms with Gasteiger partial charge < -0.3 is 9.13 Å². The van der Waals surface area contributed by atoms with Crippen LogP contribution in [0.15, 0.2) is 34.0 Å². The van der Waals surface area contributed by atoms with Gasteiger partial charge in [-0.2, -0.15) is 0 Å². The van der Waals surface area contributed by atoms with Gasteiger partial charge in [-0.15, -0.1) is 0 Å². The summed E-state index contributed by atoms with van der Waals surface area (Å²) in [5.74, 6) is 0. The molecule has 0 fully saturated rings. The molecule has 0 saturated heterocycles. The standard InChI is InChI=1S/C17H24BrN3/c1-11(2)20-7-8-21(12(3)4)17(20)19-16-13(5)9-15(18)10-14(16)6/h7-12H,1-6H3. The number of rotatable bonds is 3. The summed E-state index contributed by atoms with van der Waals surface area (Å²) in [6, 6.07) is 5.02. The van der Waals surface area contributed by atoms with E-state index in [1.807, 2.05) is 0 Å². The number of imidazole rings is 1. The first-order valence-electron chi connectivity index (χ1n) is 7.41. The summed E-state index contributed by atoms with van der Waals surface area (Å²) in [5.41, 5.74) is 4.45. The van der Waals surface area contributed by atoms with Crippen molar-refractivity contribution in [2.75, 3.05) is 0 Å². The minimum Gasteiger partial charge on any atom is -0.315 e. The molecule has 2 rings (SSSR count). The van der Waals surface area contributed by atoms with E-state index in [-0.39, 0.29) is 0 Å². The van der Waals surface area contributed by atoms with Crippen molar-refractivity contribution in [2.45, 2.75) is 53.6 Å². The Morgan fingerprint density at radius 3 is 1.71 bits per heavy atom. The second kappa shape index (κ2) is 6.22. The van der Waals surface area contributed by atoms with Crippen LogP contribution in [0.5, 0.6) is 0 Å². The van der Waals surface area contributed by atoms with Gasteiger partial charge in [0.2, 0.25) is 5.62 Å². The smallest absolute Gasteiger partial charge is 0.210 e. The fourth-order valence-corrected chi connectivity index (χ4v) is 3.20. The Kier molecular flexibility index (Phi) is 4.77. The van der Waals surface area contributed by atoms with Crippen LogP contribution in [0.4, 0.5) is 5.69 Å². The van der Waals surface area contributed by atoms with E-state index in [0.29, 0.717) is 12.1 Å². The van der Waals surface area contributed by atoms with E-state index in [1.54, 1.807) is 0 Å². The normalized spacial score (nSPS) is 11.5. The summed E-state index contributed by atoms with van der Waals surface area (Å²) in [4.78, 5) is 4.99. The molecule has 0 bridgehead atoms. The monoisotopic (exact) mass is 349 g/mol. The number of halogens is 1. The van der Waals surface area contributed by atoms with Gasteiger partial charge in [0.25, 0.3) is 0 Å². The lowest BCUT2D eigenvalue weighted by Crippen LogP contribution is -2.28. The molecular formula is C17H24BrN3. The van der Waals surface area contributed by atoms with Crippen molar-refractivity contribution in [3.8, 4) is 0 Å². The number of hydrogen-bond acceptors (Lipinski definition) is 1. The van der Waals surface area contributed by atoms with Gasteiger partial charge in [0.1, 0.15) is 0 Å². The molecule has 0 atom stereocenters. The average molecular weight is 350 g/mol. The van der Waals surface area contributed by atoms with Crippen molar-refractivity contribution in [2.24, 2.45) is 4.99 Å². The van der Waals surface area contributed by atoms with Crippen LogP contribution in [-0.2, 0) is 0 Å². The quantitative estimate of drug-likeness (QED) is 0.738. The van der Waals surface area contributed by atoms with Gasteiger partial charge in [-0.25, -0.2) is 4.99 Å². The van der Waals surface area contributed by atoms with E-state index < -0.39 is 0 Å². The fraction of sp³-hybridized carbons (Fsp3) is 0.471. The molecule has 0 aliphatic heterocycles. The Morgan fingerprint density at radius 2 is 1.33 bits per heavy atom. The lowest BCUT2D eigenvalue weighted by atomic mass is 10.1. The number of hydrogen-bond donors (Lipinski definition) is 0. The third-order valence-electron chi connectivity index (χ3n) is 3.63. The maximum absolute atomic E-state index is 4.99. The minimum atomic E-state index is 0.389. The first kappa shape index (κ1) is 16.1. The Balaban J connectivity index is 2.74. The minimum absolute atomic E-state index is 0.389. The van der Waals surface area contributed by atoms with E-state index in [9.17, 15) is 0 Å². The third kappa shape index (κ3) is 3.31. The topological polar surface area (TPSA) is 22.2 Å². The van der Waals surface area contributed by atoms with E-state index in [0.717, 1.165) is 15.8 Å². The zero-order valence-electron chi connectivity index (χ0n) is 13.7. The molecule has 1 aromatic heterocycles. The van der Waals surface area contributed by atoms with Crippen molar-refractivity contribution in [3.63, 3.8) is 0 Å². The Labute approximate surface area is 135 Å². The molecule has 1 heterocycles. The Morgan fingerprint density at radius 1 is 0.905 bits per heavy atom. The maximum Gasteiger partial charge on any atom is 0.210 e. The van der Waals surface area contributed by atoms with Gasteiger partial charge in [0.15, 0.2) is 0 Å². The second-order valence-electron chi connectivity index (χ2n) is 6.10. The van der Waals surface area contributed by atoms with Crippen molar-refractivity contribution in [3.05, 3.63) is 45.7 Å². The molecule has 114 valence electrons. The molecule has 0 radical (unpaired) electrons. The molecular weight excluding hydrogens is 326 g/mol. The van der Waals surface area contributed by atoms with Crippen LogP contribution in [0, 0.1) is 13.8 Å². The second-order valence-corrected chi connectivity index (χ2v) is 7.02. The Bertz CT molecular complexity index is 654. The molecule has 0 aliphatic carbocycles. The molecule has 0 N–H and O–H groups in total. The molecule has 3 nitrogen and oxygen atoms in total. The predicted molar refractivity (Wildman–Crippen MR) is 92.0 cm³/mol. The summed E-state index contributed by atoms with van der Waals surface area (Å²) >= 11 is 3.55. The van der Waals surface area contributed by atoms with Gasteiger partial charge in [-0.3, -0.25) is 0 Å². The van der Waals surface area contributed by atoms with E-state index in [4.69, 9.17) is 4.99 Å². The zero-order valence-corrected chi connectivity index (χ0v) is 15.3. The molecule has 0 saturated carbocycles. The highest BCUT2D eigenvalue weighted by Crippen LogP contribution is 2.27. The van der Waals surface area contributed by atoms with Crippen LogP contribution in [-0.4, -0.2) is 9.13 Å².